The van der Waals surface area contributed by atoms with E-state index in [9.17, 15) is 28.6 Å². The number of aryl methyl sites for hydroxylation is 1. The van der Waals surface area contributed by atoms with E-state index >= 15 is 0 Å². The predicted octanol–water partition coefficient (Wildman–Crippen LogP) is 2.29. The van der Waals surface area contributed by atoms with Crippen LogP contribution in [0, 0.1) is 27.2 Å². The average molecular weight is 393 g/mol. The molecule has 0 heterocycles. The van der Waals surface area contributed by atoms with Gasteiger partial charge in [0.15, 0.2) is 0 Å². The van der Waals surface area contributed by atoms with Gasteiger partial charge in [-0.05, 0) is 26.0 Å². The maximum Gasteiger partial charge on any atom is 0.295 e. The van der Waals surface area contributed by atoms with Crippen LogP contribution >= 0.6 is 0 Å². The lowest BCUT2D eigenvalue weighted by atomic mass is 10.1. The van der Waals surface area contributed by atoms with Crippen LogP contribution in [0.1, 0.15) is 18.1 Å². The van der Waals surface area contributed by atoms with E-state index in [-0.39, 0.29) is 11.4 Å². The Balaban J connectivity index is 2.38. The molecule has 3 N–H and O–H groups in total. The van der Waals surface area contributed by atoms with Gasteiger partial charge in [-0.25, -0.2) is 13.6 Å². The highest BCUT2D eigenvalue weighted by atomic mass is 32.2. The number of rotatable bonds is 6. The fourth-order valence-corrected chi connectivity index (χ4v) is 2.71. The van der Waals surface area contributed by atoms with Crippen molar-refractivity contribution >= 4 is 32.8 Å². The minimum absolute atomic E-state index is 0.0617. The first-order valence-corrected chi connectivity index (χ1v) is 8.92. The molecule has 2 rings (SSSR count). The number of hydrazone groups is 1. The average Bonchev–Trinajstić information content (AvgIpc) is 2.58. The number of nitrogens with zero attached hydrogens (tertiary/aromatic N) is 3. The summed E-state index contributed by atoms with van der Waals surface area (Å²) in [5.41, 5.74) is 3.07. The maximum atomic E-state index is 11.3. The van der Waals surface area contributed by atoms with Crippen LogP contribution in [0.15, 0.2) is 46.4 Å². The number of nitrogens with two attached hydrogens (primary N) is 1. The van der Waals surface area contributed by atoms with Crippen LogP contribution < -0.4 is 10.6 Å². The molecule has 2 aromatic rings. The van der Waals surface area contributed by atoms with Crippen molar-refractivity contribution in [2.75, 3.05) is 5.43 Å². The van der Waals surface area contributed by atoms with Crippen molar-refractivity contribution < 1.29 is 18.3 Å². The topological polar surface area (TPSA) is 171 Å². The van der Waals surface area contributed by atoms with Gasteiger partial charge in [0, 0.05) is 23.3 Å². The van der Waals surface area contributed by atoms with Gasteiger partial charge >= 0.3 is 0 Å². The Bertz CT molecular complexity index is 1060. The van der Waals surface area contributed by atoms with Crippen LogP contribution in [0.4, 0.5) is 17.1 Å². The van der Waals surface area contributed by atoms with Gasteiger partial charge in [0.25, 0.3) is 11.4 Å². The first-order chi connectivity index (χ1) is 12.5. The smallest absolute Gasteiger partial charge is 0.271 e. The van der Waals surface area contributed by atoms with E-state index in [4.69, 9.17) is 5.14 Å². The van der Waals surface area contributed by atoms with Crippen LogP contribution in [0.3, 0.4) is 0 Å². The molecule has 0 saturated carbocycles. The van der Waals surface area contributed by atoms with Gasteiger partial charge in [-0.2, -0.15) is 5.10 Å². The number of anilines is 1. The van der Waals surface area contributed by atoms with E-state index in [1.165, 1.54) is 6.07 Å². The molecule has 0 unspecified atom stereocenters. The molecule has 142 valence electrons. The molecule has 12 heteroatoms. The van der Waals surface area contributed by atoms with Gasteiger partial charge in [-0.3, -0.25) is 25.7 Å². The van der Waals surface area contributed by atoms with Crippen LogP contribution in [-0.4, -0.2) is 24.0 Å². The molecule has 0 aliphatic heterocycles. The standard InChI is InChI=1S/C15H15N5O6S/c1-9-3-4-11(7-14(9)19(21)22)10(2)17-18-13-6-5-12(27(16,25)26)8-15(13)20(23)24/h3-8,18H,1-2H3,(H2,16,25,26)/b17-10-. The second kappa shape index (κ2) is 7.47. The summed E-state index contributed by atoms with van der Waals surface area (Å²) in [5, 5.41) is 31.2. The molecule has 0 atom stereocenters. The quantitative estimate of drug-likeness (QED) is 0.430. The Labute approximate surface area is 153 Å². The van der Waals surface area contributed by atoms with E-state index in [1.54, 1.807) is 26.0 Å². The molecule has 0 fully saturated rings. The number of sulfonamides is 1. The number of benzene rings is 2. The molecule has 0 amide bonds. The normalized spacial score (nSPS) is 11.9. The largest absolute Gasteiger partial charge is 0.295 e. The third-order valence-corrected chi connectivity index (χ3v) is 4.57. The zero-order valence-electron chi connectivity index (χ0n) is 14.2. The molecule has 0 aliphatic carbocycles. The molecule has 0 aromatic heterocycles. The molecule has 27 heavy (non-hydrogen) atoms. The second-order valence-corrected chi connectivity index (χ2v) is 7.11. The Hall–Kier alpha value is -3.38. The highest BCUT2D eigenvalue weighted by Crippen LogP contribution is 2.27. The van der Waals surface area contributed by atoms with Gasteiger partial charge in [-0.15, -0.1) is 0 Å². The summed E-state index contributed by atoms with van der Waals surface area (Å²) in [6.07, 6.45) is 0. The first-order valence-electron chi connectivity index (χ1n) is 7.37. The minimum Gasteiger partial charge on any atom is -0.271 e. The lowest BCUT2D eigenvalue weighted by Gasteiger charge is -2.07. The van der Waals surface area contributed by atoms with Crippen LogP contribution in [0.25, 0.3) is 0 Å². The van der Waals surface area contributed by atoms with Gasteiger partial charge in [0.2, 0.25) is 10.0 Å². The summed E-state index contributed by atoms with van der Waals surface area (Å²) in [7, 11) is -4.10. The zero-order chi connectivity index (χ0) is 20.4. The van der Waals surface area contributed by atoms with Crippen molar-refractivity contribution in [2.24, 2.45) is 10.2 Å². The Morgan fingerprint density at radius 3 is 2.26 bits per heavy atom. The summed E-state index contributed by atoms with van der Waals surface area (Å²) in [4.78, 5) is 20.5. The first kappa shape index (κ1) is 19.9. The summed E-state index contributed by atoms with van der Waals surface area (Å²) >= 11 is 0. The Morgan fingerprint density at radius 2 is 1.70 bits per heavy atom. The van der Waals surface area contributed by atoms with E-state index in [0.29, 0.717) is 16.8 Å². The highest BCUT2D eigenvalue weighted by molar-refractivity contribution is 7.89. The lowest BCUT2D eigenvalue weighted by molar-refractivity contribution is -0.385. The monoisotopic (exact) mass is 393 g/mol. The van der Waals surface area contributed by atoms with Crippen LogP contribution in [-0.2, 0) is 10.0 Å². The molecule has 0 aliphatic rings. The summed E-state index contributed by atoms with van der Waals surface area (Å²) < 4.78 is 22.7. The van der Waals surface area contributed by atoms with Crippen LogP contribution in [0.5, 0.6) is 0 Å². The van der Waals surface area contributed by atoms with Crippen LogP contribution in [0.2, 0.25) is 0 Å². The maximum absolute atomic E-state index is 11.3. The number of primary sulfonamides is 1. The van der Waals surface area contributed by atoms with Crippen molar-refractivity contribution in [2.45, 2.75) is 18.7 Å². The van der Waals surface area contributed by atoms with Gasteiger partial charge < -0.3 is 0 Å². The molecule has 11 nitrogen and oxygen atoms in total. The fourth-order valence-electron chi connectivity index (χ4n) is 2.17. The lowest BCUT2D eigenvalue weighted by Crippen LogP contribution is -2.12. The van der Waals surface area contributed by atoms with E-state index < -0.39 is 30.5 Å². The second-order valence-electron chi connectivity index (χ2n) is 5.55. The minimum atomic E-state index is -4.10. The van der Waals surface area contributed by atoms with Gasteiger partial charge in [0.1, 0.15) is 5.69 Å². The molecule has 2 aromatic carbocycles. The molecular formula is C15H15N5O6S. The predicted molar refractivity (Wildman–Crippen MR) is 98.1 cm³/mol. The summed E-state index contributed by atoms with van der Waals surface area (Å²) in [6.45, 7) is 3.16. The molecule has 0 spiro atoms. The number of hydrogen-bond donors (Lipinski definition) is 2. The number of nitrogens with one attached hydrogen (secondary N) is 1. The molecular weight excluding hydrogens is 378 g/mol. The molecule has 0 bridgehead atoms. The zero-order valence-corrected chi connectivity index (χ0v) is 15.1. The molecule has 0 radical (unpaired) electrons. The Kier molecular flexibility index (Phi) is 5.52. The summed E-state index contributed by atoms with van der Waals surface area (Å²) in [5.74, 6) is 0. The summed E-state index contributed by atoms with van der Waals surface area (Å²) in [6, 6.07) is 7.61. The van der Waals surface area contributed by atoms with Crippen molar-refractivity contribution in [3.8, 4) is 0 Å². The van der Waals surface area contributed by atoms with Crippen molar-refractivity contribution in [3.05, 3.63) is 67.8 Å². The SMILES string of the molecule is C/C(=N/Nc1ccc(S(N)(=O)=O)cc1[N+](=O)[O-])c1ccc(C)c([N+](=O)[O-])c1. The Morgan fingerprint density at radius 1 is 1.07 bits per heavy atom. The number of hydrogen-bond acceptors (Lipinski definition) is 8. The third kappa shape index (κ3) is 4.62. The van der Waals surface area contributed by atoms with Crippen molar-refractivity contribution in [1.29, 1.82) is 0 Å². The van der Waals surface area contributed by atoms with E-state index in [1.807, 2.05) is 0 Å². The van der Waals surface area contributed by atoms with Crippen molar-refractivity contribution in [1.82, 2.24) is 0 Å². The number of nitro groups is 2. The van der Waals surface area contributed by atoms with E-state index in [0.717, 1.165) is 18.2 Å². The third-order valence-electron chi connectivity index (χ3n) is 3.66. The van der Waals surface area contributed by atoms with E-state index in [2.05, 4.69) is 10.5 Å². The fraction of sp³-hybridized carbons (Fsp3) is 0.133. The molecule has 0 saturated heterocycles. The highest BCUT2D eigenvalue weighted by Gasteiger charge is 2.19. The van der Waals surface area contributed by atoms with Gasteiger partial charge in [0.05, 0.1) is 20.5 Å². The number of nitro benzene ring substituents is 2. The van der Waals surface area contributed by atoms with Crippen molar-refractivity contribution in [3.63, 3.8) is 0 Å². The van der Waals surface area contributed by atoms with Gasteiger partial charge in [-0.1, -0.05) is 12.1 Å².